The van der Waals surface area contributed by atoms with E-state index in [1.807, 2.05) is 18.2 Å². The van der Waals surface area contributed by atoms with Crippen LogP contribution in [0.3, 0.4) is 0 Å². The van der Waals surface area contributed by atoms with Crippen molar-refractivity contribution in [3.05, 3.63) is 35.5 Å². The minimum absolute atomic E-state index is 0.305. The van der Waals surface area contributed by atoms with Crippen LogP contribution in [0.5, 0.6) is 0 Å². The average Bonchev–Trinajstić information content (AvgIpc) is 2.77. The molecule has 4 heteroatoms. The molecule has 96 valence electrons. The molecular formula is C14H19N3S. The van der Waals surface area contributed by atoms with Crippen LogP contribution >= 0.6 is 11.3 Å². The molecule has 0 amide bonds. The van der Waals surface area contributed by atoms with Gasteiger partial charge in [0.1, 0.15) is 5.01 Å². The first-order valence-electron chi connectivity index (χ1n) is 6.11. The van der Waals surface area contributed by atoms with Gasteiger partial charge in [-0.05, 0) is 17.5 Å². The Bertz CT molecular complexity index is 485. The summed E-state index contributed by atoms with van der Waals surface area (Å²) in [7, 11) is 0. The van der Waals surface area contributed by atoms with E-state index in [-0.39, 0.29) is 0 Å². The van der Waals surface area contributed by atoms with E-state index in [0.717, 1.165) is 29.5 Å². The summed E-state index contributed by atoms with van der Waals surface area (Å²) < 4.78 is 0. The smallest absolute Gasteiger partial charge is 0.142 e. The lowest BCUT2D eigenvalue weighted by atomic mass is 9.97. The molecule has 0 aliphatic rings. The second-order valence-corrected chi connectivity index (χ2v) is 6.38. The largest absolute Gasteiger partial charge is 0.311 e. The topological polar surface area (TPSA) is 37.8 Å². The zero-order valence-corrected chi connectivity index (χ0v) is 11.9. The fourth-order valence-electron chi connectivity index (χ4n) is 1.56. The molecule has 0 unspecified atom stereocenters. The first-order chi connectivity index (χ1) is 8.54. The predicted octanol–water partition coefficient (Wildman–Crippen LogP) is 3.34. The molecule has 0 saturated carbocycles. The van der Waals surface area contributed by atoms with E-state index < -0.39 is 0 Å². The Labute approximate surface area is 112 Å². The molecule has 18 heavy (non-hydrogen) atoms. The lowest BCUT2D eigenvalue weighted by Crippen LogP contribution is -2.26. The van der Waals surface area contributed by atoms with Gasteiger partial charge in [0.15, 0.2) is 0 Å². The van der Waals surface area contributed by atoms with Crippen LogP contribution in [0.4, 0.5) is 0 Å². The van der Waals surface area contributed by atoms with Crippen molar-refractivity contribution >= 4 is 11.3 Å². The van der Waals surface area contributed by atoms with Gasteiger partial charge in [-0.25, -0.2) is 4.98 Å². The maximum absolute atomic E-state index is 4.59. The quantitative estimate of drug-likeness (QED) is 0.917. The second-order valence-electron chi connectivity index (χ2n) is 5.52. The summed E-state index contributed by atoms with van der Waals surface area (Å²) in [4.78, 5) is 8.90. The average molecular weight is 261 g/mol. The summed E-state index contributed by atoms with van der Waals surface area (Å²) in [6, 6.07) is 5.90. The van der Waals surface area contributed by atoms with Gasteiger partial charge in [-0.3, -0.25) is 4.98 Å². The Balaban J connectivity index is 1.95. The Kier molecular flexibility index (Phi) is 4.09. The van der Waals surface area contributed by atoms with Gasteiger partial charge in [-0.15, -0.1) is 11.3 Å². The molecule has 2 heterocycles. The van der Waals surface area contributed by atoms with Crippen molar-refractivity contribution in [2.75, 3.05) is 6.54 Å². The zero-order chi connectivity index (χ0) is 13.0. The molecule has 3 nitrogen and oxygen atoms in total. The van der Waals surface area contributed by atoms with Gasteiger partial charge in [0.25, 0.3) is 0 Å². The number of hydrogen-bond donors (Lipinski definition) is 1. The molecule has 0 aromatic carbocycles. The van der Waals surface area contributed by atoms with Crippen LogP contribution in [-0.2, 0) is 6.54 Å². The van der Waals surface area contributed by atoms with E-state index in [2.05, 4.69) is 41.4 Å². The molecule has 0 saturated heterocycles. The van der Waals surface area contributed by atoms with Gasteiger partial charge in [0.05, 0.1) is 11.4 Å². The van der Waals surface area contributed by atoms with Gasteiger partial charge in [-0.2, -0.15) is 0 Å². The van der Waals surface area contributed by atoms with Crippen molar-refractivity contribution < 1.29 is 0 Å². The lowest BCUT2D eigenvalue weighted by molar-refractivity contribution is 0.378. The third-order valence-electron chi connectivity index (χ3n) is 2.40. The minimum Gasteiger partial charge on any atom is -0.311 e. The van der Waals surface area contributed by atoms with Crippen LogP contribution in [0.2, 0.25) is 0 Å². The molecule has 0 atom stereocenters. The molecule has 0 aliphatic heterocycles. The highest BCUT2D eigenvalue weighted by atomic mass is 32.1. The zero-order valence-electron chi connectivity index (χ0n) is 11.1. The van der Waals surface area contributed by atoms with Crippen LogP contribution in [0, 0.1) is 5.41 Å². The van der Waals surface area contributed by atoms with Crippen molar-refractivity contribution in [1.29, 1.82) is 0 Å². The maximum Gasteiger partial charge on any atom is 0.142 e. The predicted molar refractivity (Wildman–Crippen MR) is 76.5 cm³/mol. The summed E-state index contributed by atoms with van der Waals surface area (Å²) in [6.07, 6.45) is 1.80. The molecule has 2 rings (SSSR count). The summed E-state index contributed by atoms with van der Waals surface area (Å²) in [5.41, 5.74) is 2.34. The van der Waals surface area contributed by atoms with Crippen LogP contribution in [-0.4, -0.2) is 16.5 Å². The maximum atomic E-state index is 4.59. The number of nitrogens with zero attached hydrogens (tertiary/aromatic N) is 2. The standard InChI is InChI=1S/C14H19N3S/c1-14(2,3)10-15-8-11-9-18-13(17-11)12-6-4-5-7-16-12/h4-7,9,15H,8,10H2,1-3H3. The van der Waals surface area contributed by atoms with E-state index in [0.29, 0.717) is 5.41 Å². The van der Waals surface area contributed by atoms with E-state index in [9.17, 15) is 0 Å². The molecule has 0 fully saturated rings. The Morgan fingerprint density at radius 3 is 2.78 bits per heavy atom. The van der Waals surface area contributed by atoms with Gasteiger partial charge < -0.3 is 5.32 Å². The van der Waals surface area contributed by atoms with E-state index in [4.69, 9.17) is 0 Å². The monoisotopic (exact) mass is 261 g/mol. The number of aromatic nitrogens is 2. The van der Waals surface area contributed by atoms with Crippen LogP contribution in [0.15, 0.2) is 29.8 Å². The third-order valence-corrected chi connectivity index (χ3v) is 3.31. The molecule has 0 spiro atoms. The Hall–Kier alpha value is -1.26. The lowest BCUT2D eigenvalue weighted by Gasteiger charge is -2.18. The van der Waals surface area contributed by atoms with E-state index >= 15 is 0 Å². The Morgan fingerprint density at radius 1 is 1.28 bits per heavy atom. The molecular weight excluding hydrogens is 242 g/mol. The fraction of sp³-hybridized carbons (Fsp3) is 0.429. The van der Waals surface area contributed by atoms with E-state index in [1.54, 1.807) is 17.5 Å². The molecule has 0 radical (unpaired) electrons. The minimum atomic E-state index is 0.305. The highest BCUT2D eigenvalue weighted by Crippen LogP contribution is 2.21. The van der Waals surface area contributed by atoms with Crippen LogP contribution in [0.25, 0.3) is 10.7 Å². The first-order valence-corrected chi connectivity index (χ1v) is 6.99. The van der Waals surface area contributed by atoms with Gasteiger partial charge in [0, 0.05) is 24.7 Å². The molecule has 0 bridgehead atoms. The third kappa shape index (κ3) is 3.89. The Morgan fingerprint density at radius 2 is 2.11 bits per heavy atom. The molecule has 2 aromatic heterocycles. The SMILES string of the molecule is CC(C)(C)CNCc1csc(-c2ccccn2)n1. The van der Waals surface area contributed by atoms with Gasteiger partial charge >= 0.3 is 0 Å². The second kappa shape index (κ2) is 5.59. The number of pyridine rings is 1. The van der Waals surface area contributed by atoms with Crippen molar-refractivity contribution in [3.8, 4) is 10.7 Å². The number of hydrogen-bond acceptors (Lipinski definition) is 4. The number of rotatable bonds is 4. The van der Waals surface area contributed by atoms with Crippen molar-refractivity contribution in [1.82, 2.24) is 15.3 Å². The molecule has 1 N–H and O–H groups in total. The summed E-state index contributed by atoms with van der Waals surface area (Å²) in [6.45, 7) is 8.48. The van der Waals surface area contributed by atoms with Gasteiger partial charge in [0.2, 0.25) is 0 Å². The normalized spacial score (nSPS) is 11.7. The van der Waals surface area contributed by atoms with Crippen molar-refractivity contribution in [2.45, 2.75) is 27.3 Å². The summed E-state index contributed by atoms with van der Waals surface area (Å²) >= 11 is 1.65. The van der Waals surface area contributed by atoms with Crippen molar-refractivity contribution in [2.24, 2.45) is 5.41 Å². The van der Waals surface area contributed by atoms with E-state index in [1.165, 1.54) is 0 Å². The fourth-order valence-corrected chi connectivity index (χ4v) is 2.36. The number of thiazole rings is 1. The number of nitrogens with one attached hydrogen (secondary N) is 1. The summed E-state index contributed by atoms with van der Waals surface area (Å²) in [5.74, 6) is 0. The van der Waals surface area contributed by atoms with Crippen molar-refractivity contribution in [3.63, 3.8) is 0 Å². The molecule has 0 aliphatic carbocycles. The summed E-state index contributed by atoms with van der Waals surface area (Å²) in [5, 5.41) is 6.52. The van der Waals surface area contributed by atoms with Gasteiger partial charge in [-0.1, -0.05) is 26.8 Å². The highest BCUT2D eigenvalue weighted by molar-refractivity contribution is 7.13. The highest BCUT2D eigenvalue weighted by Gasteiger charge is 2.10. The molecule has 2 aromatic rings. The van der Waals surface area contributed by atoms with Crippen LogP contribution in [0.1, 0.15) is 26.5 Å². The first kappa shape index (κ1) is 13.2. The van der Waals surface area contributed by atoms with Crippen LogP contribution < -0.4 is 5.32 Å².